The average Bonchev–Trinajstić information content (AvgIpc) is 2.46. The van der Waals surface area contributed by atoms with Crippen LogP contribution in [0.25, 0.3) is 0 Å². The average molecular weight is 289 g/mol. The predicted octanol–water partition coefficient (Wildman–Crippen LogP) is 2.59. The zero-order valence-electron chi connectivity index (χ0n) is 13.2. The minimum absolute atomic E-state index is 0.665. The first-order valence-electron chi connectivity index (χ1n) is 7.37. The molecule has 1 aromatic heterocycles. The van der Waals surface area contributed by atoms with Gasteiger partial charge in [-0.25, -0.2) is 9.97 Å². The molecule has 0 aliphatic carbocycles. The van der Waals surface area contributed by atoms with Crippen molar-refractivity contribution in [2.75, 3.05) is 18.0 Å². The number of carboxylic acids is 1. The van der Waals surface area contributed by atoms with E-state index in [0.29, 0.717) is 6.54 Å². The van der Waals surface area contributed by atoms with Gasteiger partial charge in [0, 0.05) is 24.5 Å². The van der Waals surface area contributed by atoms with Gasteiger partial charge >= 0.3 is 5.97 Å². The van der Waals surface area contributed by atoms with Gasteiger partial charge in [0.2, 0.25) is 5.95 Å². The maximum atomic E-state index is 11.3. The Morgan fingerprint density at radius 1 is 1.43 bits per heavy atom. The van der Waals surface area contributed by atoms with Gasteiger partial charge in [0.1, 0.15) is 0 Å². The standard InChI is InChI=1S/C16H23N3O2/c1-5-13-10-11(2)17-15(18-13)19-8-6-12(7-9-19)16(3,4)14(20)21/h6,10H,5,7-9H2,1-4H3,(H,20,21). The van der Waals surface area contributed by atoms with Crippen LogP contribution >= 0.6 is 0 Å². The summed E-state index contributed by atoms with van der Waals surface area (Å²) < 4.78 is 0. The molecule has 2 rings (SSSR count). The summed E-state index contributed by atoms with van der Waals surface area (Å²) in [6.45, 7) is 9.00. The minimum Gasteiger partial charge on any atom is -0.481 e. The van der Waals surface area contributed by atoms with Gasteiger partial charge in [0.25, 0.3) is 0 Å². The van der Waals surface area contributed by atoms with Gasteiger partial charge in [-0.05, 0) is 39.7 Å². The van der Waals surface area contributed by atoms with E-state index in [4.69, 9.17) is 0 Å². The molecule has 1 aromatic rings. The first kappa shape index (κ1) is 15.5. The van der Waals surface area contributed by atoms with E-state index >= 15 is 0 Å². The second-order valence-electron chi connectivity index (χ2n) is 6.01. The first-order chi connectivity index (χ1) is 9.84. The van der Waals surface area contributed by atoms with E-state index < -0.39 is 11.4 Å². The van der Waals surface area contributed by atoms with E-state index in [1.165, 1.54) is 0 Å². The molecular formula is C16H23N3O2. The normalized spacial score (nSPS) is 15.8. The second kappa shape index (κ2) is 5.84. The van der Waals surface area contributed by atoms with Gasteiger partial charge in [-0.3, -0.25) is 4.79 Å². The van der Waals surface area contributed by atoms with E-state index in [-0.39, 0.29) is 0 Å². The molecule has 0 saturated heterocycles. The van der Waals surface area contributed by atoms with Gasteiger partial charge in [0.05, 0.1) is 5.41 Å². The molecule has 0 aromatic carbocycles. The SMILES string of the molecule is CCc1cc(C)nc(N2CC=C(C(C)(C)C(=O)O)CC2)n1. The Bertz CT molecular complexity index is 579. The van der Waals surface area contributed by atoms with E-state index in [2.05, 4.69) is 21.8 Å². The Balaban J connectivity index is 2.19. The molecule has 0 bridgehead atoms. The first-order valence-corrected chi connectivity index (χ1v) is 7.37. The number of aromatic nitrogens is 2. The number of hydrogen-bond acceptors (Lipinski definition) is 4. The molecule has 114 valence electrons. The summed E-state index contributed by atoms with van der Waals surface area (Å²) in [6, 6.07) is 2.00. The Hall–Kier alpha value is -1.91. The minimum atomic E-state index is -0.797. The fourth-order valence-electron chi connectivity index (χ4n) is 2.50. The Morgan fingerprint density at radius 2 is 2.14 bits per heavy atom. The Labute approximate surface area is 125 Å². The van der Waals surface area contributed by atoms with Crippen LogP contribution in [0, 0.1) is 12.3 Å². The summed E-state index contributed by atoms with van der Waals surface area (Å²) >= 11 is 0. The van der Waals surface area contributed by atoms with Crippen molar-refractivity contribution in [1.29, 1.82) is 0 Å². The lowest BCUT2D eigenvalue weighted by atomic mass is 9.81. The lowest BCUT2D eigenvalue weighted by Crippen LogP contribution is -2.36. The van der Waals surface area contributed by atoms with Crippen LogP contribution in [0.1, 0.15) is 38.6 Å². The summed E-state index contributed by atoms with van der Waals surface area (Å²) in [5.41, 5.74) is 2.19. The van der Waals surface area contributed by atoms with E-state index in [0.717, 1.165) is 42.3 Å². The lowest BCUT2D eigenvalue weighted by molar-refractivity contribution is -0.144. The van der Waals surface area contributed by atoms with Gasteiger partial charge in [0.15, 0.2) is 0 Å². The highest BCUT2D eigenvalue weighted by Crippen LogP contribution is 2.32. The lowest BCUT2D eigenvalue weighted by Gasteiger charge is -2.32. The van der Waals surface area contributed by atoms with Crippen molar-refractivity contribution < 1.29 is 9.90 Å². The number of rotatable bonds is 4. The largest absolute Gasteiger partial charge is 0.481 e. The summed E-state index contributed by atoms with van der Waals surface area (Å²) in [5.74, 6) is -0.0300. The number of anilines is 1. The zero-order chi connectivity index (χ0) is 15.6. The van der Waals surface area contributed by atoms with Crippen LogP contribution in [0.3, 0.4) is 0 Å². The van der Waals surface area contributed by atoms with Crippen molar-refractivity contribution in [3.63, 3.8) is 0 Å². The van der Waals surface area contributed by atoms with Crippen LogP contribution in [-0.2, 0) is 11.2 Å². The summed E-state index contributed by atoms with van der Waals surface area (Å²) in [4.78, 5) is 22.5. The van der Waals surface area contributed by atoms with E-state index in [1.54, 1.807) is 13.8 Å². The maximum Gasteiger partial charge on any atom is 0.313 e. The molecule has 0 saturated carbocycles. The predicted molar refractivity (Wildman–Crippen MR) is 82.5 cm³/mol. The number of nitrogens with zero attached hydrogens (tertiary/aromatic N) is 3. The Kier molecular flexibility index (Phi) is 4.30. The third kappa shape index (κ3) is 3.23. The van der Waals surface area contributed by atoms with E-state index in [1.807, 2.05) is 19.1 Å². The van der Waals surface area contributed by atoms with Crippen LogP contribution in [0.15, 0.2) is 17.7 Å². The van der Waals surface area contributed by atoms with E-state index in [9.17, 15) is 9.90 Å². The molecule has 1 aliphatic rings. The molecule has 21 heavy (non-hydrogen) atoms. The molecule has 1 N–H and O–H groups in total. The fraction of sp³-hybridized carbons (Fsp3) is 0.562. The van der Waals surface area contributed by atoms with Crippen LogP contribution < -0.4 is 4.90 Å². The number of hydrogen-bond donors (Lipinski definition) is 1. The van der Waals surface area contributed by atoms with Crippen molar-refractivity contribution in [2.24, 2.45) is 5.41 Å². The van der Waals surface area contributed by atoms with Crippen molar-refractivity contribution in [3.05, 3.63) is 29.1 Å². The van der Waals surface area contributed by atoms with Crippen molar-refractivity contribution in [3.8, 4) is 0 Å². The molecule has 0 spiro atoms. The molecule has 5 heteroatoms. The highest BCUT2D eigenvalue weighted by atomic mass is 16.4. The highest BCUT2D eigenvalue weighted by molar-refractivity contribution is 5.77. The number of aryl methyl sites for hydroxylation is 2. The van der Waals surface area contributed by atoms with Gasteiger partial charge in [-0.15, -0.1) is 0 Å². The van der Waals surface area contributed by atoms with Crippen molar-refractivity contribution in [1.82, 2.24) is 9.97 Å². The molecule has 0 fully saturated rings. The highest BCUT2D eigenvalue weighted by Gasteiger charge is 2.33. The van der Waals surface area contributed by atoms with Crippen LogP contribution in [0.4, 0.5) is 5.95 Å². The smallest absolute Gasteiger partial charge is 0.313 e. The monoisotopic (exact) mass is 289 g/mol. The molecule has 0 amide bonds. The van der Waals surface area contributed by atoms with Gasteiger partial charge in [-0.2, -0.15) is 0 Å². The summed E-state index contributed by atoms with van der Waals surface area (Å²) in [6.07, 6.45) is 3.63. The fourth-order valence-corrected chi connectivity index (χ4v) is 2.50. The topological polar surface area (TPSA) is 66.3 Å². The number of carboxylic acid groups (broad SMARTS) is 1. The second-order valence-corrected chi connectivity index (χ2v) is 6.01. The zero-order valence-corrected chi connectivity index (χ0v) is 13.2. The number of carbonyl (C=O) groups is 1. The number of aliphatic carboxylic acids is 1. The van der Waals surface area contributed by atoms with Crippen molar-refractivity contribution >= 4 is 11.9 Å². The van der Waals surface area contributed by atoms with Gasteiger partial charge < -0.3 is 10.0 Å². The quantitative estimate of drug-likeness (QED) is 0.863. The van der Waals surface area contributed by atoms with Crippen LogP contribution in [-0.4, -0.2) is 34.1 Å². The molecular weight excluding hydrogens is 266 g/mol. The molecule has 0 atom stereocenters. The van der Waals surface area contributed by atoms with Gasteiger partial charge in [-0.1, -0.05) is 18.6 Å². The molecule has 0 radical (unpaired) electrons. The third-order valence-corrected chi connectivity index (χ3v) is 4.09. The summed E-state index contributed by atoms with van der Waals surface area (Å²) in [5, 5.41) is 9.30. The summed E-state index contributed by atoms with van der Waals surface area (Å²) in [7, 11) is 0. The van der Waals surface area contributed by atoms with Crippen LogP contribution in [0.5, 0.6) is 0 Å². The Morgan fingerprint density at radius 3 is 2.67 bits per heavy atom. The molecule has 2 heterocycles. The molecule has 0 unspecified atom stereocenters. The van der Waals surface area contributed by atoms with Crippen molar-refractivity contribution in [2.45, 2.75) is 40.5 Å². The third-order valence-electron chi connectivity index (χ3n) is 4.09. The molecule has 1 aliphatic heterocycles. The van der Waals surface area contributed by atoms with Crippen LogP contribution in [0.2, 0.25) is 0 Å². The maximum absolute atomic E-state index is 11.3. The molecule has 5 nitrogen and oxygen atoms in total.